The number of nitrogens with zero attached hydrogens (tertiary/aromatic N) is 5. The van der Waals surface area contributed by atoms with E-state index in [-0.39, 0.29) is 17.7 Å². The van der Waals surface area contributed by atoms with Gasteiger partial charge in [-0.2, -0.15) is 0 Å². The van der Waals surface area contributed by atoms with Crippen LogP contribution in [0.1, 0.15) is 31.5 Å². The van der Waals surface area contributed by atoms with Gasteiger partial charge in [0.25, 0.3) is 17.7 Å². The van der Waals surface area contributed by atoms with Gasteiger partial charge in [0.1, 0.15) is 17.1 Å². The Hall–Kier alpha value is -5.14. The lowest BCUT2D eigenvalue weighted by Gasteiger charge is -2.26. The van der Waals surface area contributed by atoms with Gasteiger partial charge in [-0.25, -0.2) is 4.98 Å². The van der Waals surface area contributed by atoms with Crippen LogP contribution in [0.2, 0.25) is 0 Å². The number of anilines is 2. The number of aryl methyl sites for hydroxylation is 3. The Labute approximate surface area is 253 Å². The molecule has 1 aliphatic heterocycles. The Bertz CT molecular complexity index is 1840. The Balaban J connectivity index is 1.07. The minimum atomic E-state index is -0.367. The van der Waals surface area contributed by atoms with Crippen molar-refractivity contribution >= 4 is 40.1 Å². The first-order chi connectivity index (χ1) is 21.2. The molecule has 1 saturated heterocycles. The summed E-state index contributed by atoms with van der Waals surface area (Å²) in [6.45, 7) is 4.42. The number of nitrogens with one attached hydrogen (secondary N) is 4. The topological polar surface area (TPSA) is 143 Å². The molecule has 228 valence electrons. The molecule has 0 unspecified atom stereocenters. The largest absolute Gasteiger partial charge is 0.379 e. The average molecular weight is 598 g/mol. The molecule has 0 aliphatic carbocycles. The zero-order chi connectivity index (χ0) is 30.8. The number of aromatic nitrogens is 5. The molecule has 4 aromatic heterocycles. The molecule has 44 heavy (non-hydrogen) atoms. The van der Waals surface area contributed by atoms with E-state index in [0.29, 0.717) is 48.2 Å². The number of amides is 3. The Kier molecular flexibility index (Phi) is 8.05. The molecular formula is C31H35N9O4. The third-order valence-corrected chi connectivity index (χ3v) is 7.80. The van der Waals surface area contributed by atoms with Crippen molar-refractivity contribution in [2.45, 2.75) is 0 Å². The van der Waals surface area contributed by atoms with E-state index in [4.69, 9.17) is 4.74 Å². The number of carbonyl (C=O) groups excluding carboxylic acids is 3. The lowest BCUT2D eigenvalue weighted by atomic mass is 10.1. The third-order valence-electron chi connectivity index (χ3n) is 7.80. The van der Waals surface area contributed by atoms with Crippen molar-refractivity contribution < 1.29 is 19.1 Å². The number of H-pyrrole nitrogens is 1. The fraction of sp³-hybridized carbons (Fsp3) is 0.290. The van der Waals surface area contributed by atoms with Gasteiger partial charge in [0, 0.05) is 71.5 Å². The van der Waals surface area contributed by atoms with Crippen LogP contribution < -0.4 is 16.0 Å². The van der Waals surface area contributed by atoms with Gasteiger partial charge in [0.05, 0.1) is 41.9 Å². The van der Waals surface area contributed by atoms with Gasteiger partial charge < -0.3 is 39.4 Å². The van der Waals surface area contributed by atoms with Crippen molar-refractivity contribution in [3.8, 4) is 11.1 Å². The van der Waals surface area contributed by atoms with Crippen molar-refractivity contribution in [3.05, 3.63) is 78.4 Å². The monoisotopic (exact) mass is 597 g/mol. The van der Waals surface area contributed by atoms with E-state index in [1.807, 2.05) is 37.5 Å². The maximum atomic E-state index is 13.2. The standard InChI is InChI=1S/C31H35N9O4/c1-37-16-21(20-4-5-24-25(12-20)34-19-33-24)13-26(37)30(42)35-23-15-28(39(3)18-23)31(43)36-22-14-27(38(2)17-22)29(41)32-6-7-40-8-10-44-11-9-40/h4-5,12-19H,6-11H2,1-3H3,(H,32,41)(H,33,34)(H,35,42)(H,36,43). The van der Waals surface area contributed by atoms with E-state index in [0.717, 1.165) is 41.8 Å². The molecule has 0 bridgehead atoms. The van der Waals surface area contributed by atoms with Crippen molar-refractivity contribution in [1.29, 1.82) is 0 Å². The summed E-state index contributed by atoms with van der Waals surface area (Å²) >= 11 is 0. The van der Waals surface area contributed by atoms with Crippen LogP contribution >= 0.6 is 0 Å². The molecule has 0 atom stereocenters. The highest BCUT2D eigenvalue weighted by Gasteiger charge is 2.19. The summed E-state index contributed by atoms with van der Waals surface area (Å²) in [6, 6.07) is 11.0. The van der Waals surface area contributed by atoms with Gasteiger partial charge in [-0.05, 0) is 35.9 Å². The average Bonchev–Trinajstić information content (AvgIpc) is 3.79. The number of morpholine rings is 1. The van der Waals surface area contributed by atoms with Crippen LogP contribution in [0.15, 0.2) is 61.3 Å². The van der Waals surface area contributed by atoms with E-state index in [9.17, 15) is 14.4 Å². The van der Waals surface area contributed by atoms with Gasteiger partial charge in [0.15, 0.2) is 0 Å². The van der Waals surface area contributed by atoms with Crippen molar-refractivity contribution in [3.63, 3.8) is 0 Å². The van der Waals surface area contributed by atoms with Crippen LogP contribution in [0.4, 0.5) is 11.4 Å². The summed E-state index contributed by atoms with van der Waals surface area (Å²) in [7, 11) is 5.30. The SMILES string of the molecule is Cn1cc(NC(=O)c2cc(NC(=O)c3cc(-c4ccc5nc[nH]c5c4)cn3C)cn2C)cc1C(=O)NCCN1CCOCC1. The summed E-state index contributed by atoms with van der Waals surface area (Å²) in [5.41, 5.74) is 5.89. The van der Waals surface area contributed by atoms with Crippen molar-refractivity contribution in [2.75, 3.05) is 50.0 Å². The number of benzene rings is 1. The summed E-state index contributed by atoms with van der Waals surface area (Å²) in [6.07, 6.45) is 6.92. The fourth-order valence-corrected chi connectivity index (χ4v) is 5.41. The highest BCUT2D eigenvalue weighted by molar-refractivity contribution is 6.07. The minimum absolute atomic E-state index is 0.212. The molecule has 1 fully saturated rings. The number of ether oxygens (including phenoxy) is 1. The maximum Gasteiger partial charge on any atom is 0.272 e. The van der Waals surface area contributed by atoms with Crippen LogP contribution in [-0.2, 0) is 25.9 Å². The normalized spacial score (nSPS) is 13.7. The molecule has 13 nitrogen and oxygen atoms in total. The molecule has 1 aliphatic rings. The molecule has 0 saturated carbocycles. The highest BCUT2D eigenvalue weighted by atomic mass is 16.5. The van der Waals surface area contributed by atoms with Crippen molar-refractivity contribution in [2.24, 2.45) is 21.1 Å². The number of hydrogen-bond acceptors (Lipinski definition) is 6. The van der Waals surface area contributed by atoms with Gasteiger partial charge >= 0.3 is 0 Å². The zero-order valence-corrected chi connectivity index (χ0v) is 24.9. The fourth-order valence-electron chi connectivity index (χ4n) is 5.41. The zero-order valence-electron chi connectivity index (χ0n) is 24.9. The van der Waals surface area contributed by atoms with E-state index < -0.39 is 0 Å². The molecule has 1 aromatic carbocycles. The minimum Gasteiger partial charge on any atom is -0.379 e. The molecular weight excluding hydrogens is 562 g/mol. The van der Waals surface area contributed by atoms with Crippen molar-refractivity contribution in [1.82, 2.24) is 33.9 Å². The Morgan fingerprint density at radius 1 is 0.795 bits per heavy atom. The predicted molar refractivity (Wildman–Crippen MR) is 167 cm³/mol. The highest BCUT2D eigenvalue weighted by Crippen LogP contribution is 2.26. The maximum absolute atomic E-state index is 13.2. The number of rotatable bonds is 9. The molecule has 4 N–H and O–H groups in total. The molecule has 13 heteroatoms. The lowest BCUT2D eigenvalue weighted by Crippen LogP contribution is -2.41. The second kappa shape index (κ2) is 12.2. The summed E-state index contributed by atoms with van der Waals surface area (Å²) < 4.78 is 10.4. The number of fused-ring (bicyclic) bond motifs is 1. The van der Waals surface area contributed by atoms with Gasteiger partial charge in [-0.3, -0.25) is 19.3 Å². The van der Waals surface area contributed by atoms with E-state index in [2.05, 4.69) is 30.8 Å². The summed E-state index contributed by atoms with van der Waals surface area (Å²) in [5, 5.41) is 8.70. The molecule has 0 spiro atoms. The third kappa shape index (κ3) is 6.14. The summed E-state index contributed by atoms with van der Waals surface area (Å²) in [5.74, 6) is -0.879. The van der Waals surface area contributed by atoms with E-state index in [1.165, 1.54) is 0 Å². The number of aromatic amines is 1. The second-order valence-corrected chi connectivity index (χ2v) is 10.9. The van der Waals surface area contributed by atoms with E-state index in [1.54, 1.807) is 58.7 Å². The molecule has 5 aromatic rings. The number of hydrogen-bond donors (Lipinski definition) is 4. The van der Waals surface area contributed by atoms with Crippen LogP contribution in [0.25, 0.3) is 22.2 Å². The first-order valence-corrected chi connectivity index (χ1v) is 14.4. The molecule has 5 heterocycles. The molecule has 3 amide bonds. The van der Waals surface area contributed by atoms with E-state index >= 15 is 0 Å². The Morgan fingerprint density at radius 2 is 1.41 bits per heavy atom. The van der Waals surface area contributed by atoms with Gasteiger partial charge in [0.2, 0.25) is 0 Å². The van der Waals surface area contributed by atoms with Crippen LogP contribution in [-0.4, -0.2) is 85.7 Å². The predicted octanol–water partition coefficient (Wildman–Crippen LogP) is 2.81. The first kappa shape index (κ1) is 29.0. The van der Waals surface area contributed by atoms with Crippen LogP contribution in [0.5, 0.6) is 0 Å². The first-order valence-electron chi connectivity index (χ1n) is 14.4. The van der Waals surface area contributed by atoms with Gasteiger partial charge in [-0.1, -0.05) is 6.07 Å². The van der Waals surface area contributed by atoms with Crippen LogP contribution in [0.3, 0.4) is 0 Å². The lowest BCUT2D eigenvalue weighted by molar-refractivity contribution is 0.0383. The quantitative estimate of drug-likeness (QED) is 0.206. The summed E-state index contributed by atoms with van der Waals surface area (Å²) in [4.78, 5) is 48.7. The molecule has 0 radical (unpaired) electrons. The molecule has 6 rings (SSSR count). The Morgan fingerprint density at radius 3 is 2.09 bits per heavy atom. The van der Waals surface area contributed by atoms with Gasteiger partial charge in [-0.15, -0.1) is 0 Å². The number of carbonyl (C=O) groups is 3. The van der Waals surface area contributed by atoms with Crippen LogP contribution in [0, 0.1) is 0 Å². The smallest absolute Gasteiger partial charge is 0.272 e. The number of imidazole rings is 1. The second-order valence-electron chi connectivity index (χ2n) is 10.9.